The quantitative estimate of drug-likeness (QED) is 0.816. The van der Waals surface area contributed by atoms with Crippen LogP contribution in [0.3, 0.4) is 0 Å². The maximum atomic E-state index is 11.5. The van der Waals surface area contributed by atoms with Crippen LogP contribution in [0, 0.1) is 6.92 Å². The minimum absolute atomic E-state index is 0.142. The Morgan fingerprint density at radius 3 is 2.30 bits per heavy atom. The van der Waals surface area contributed by atoms with Crippen molar-refractivity contribution >= 4 is 11.7 Å². The van der Waals surface area contributed by atoms with Gasteiger partial charge in [0.2, 0.25) is 0 Å². The summed E-state index contributed by atoms with van der Waals surface area (Å²) in [5, 5.41) is 2.79. The topological polar surface area (TPSA) is 41.6 Å². The van der Waals surface area contributed by atoms with Crippen LogP contribution >= 0.6 is 0 Å². The lowest BCUT2D eigenvalue weighted by Gasteiger charge is -2.12. The highest BCUT2D eigenvalue weighted by Gasteiger charge is 2.03. The summed E-state index contributed by atoms with van der Waals surface area (Å²) in [6.07, 6.45) is 1.99. The van der Waals surface area contributed by atoms with E-state index in [4.69, 9.17) is 4.74 Å². The summed E-state index contributed by atoms with van der Waals surface area (Å²) in [5.74, 6) is 0.816. The molecule has 4 nitrogen and oxygen atoms in total. The number of nitrogens with zero attached hydrogens (tertiary/aromatic N) is 1. The van der Waals surface area contributed by atoms with Gasteiger partial charge in [-0.25, -0.2) is 4.79 Å². The molecule has 0 saturated carbocycles. The van der Waals surface area contributed by atoms with E-state index in [-0.39, 0.29) is 6.03 Å². The first-order valence-corrected chi connectivity index (χ1v) is 7.81. The van der Waals surface area contributed by atoms with Crippen LogP contribution in [0.25, 0.3) is 0 Å². The van der Waals surface area contributed by atoms with Crippen LogP contribution in [0.5, 0.6) is 5.75 Å². The van der Waals surface area contributed by atoms with Crippen molar-refractivity contribution in [2.45, 2.75) is 19.8 Å². The molecule has 0 radical (unpaired) electrons. The minimum Gasteiger partial charge on any atom is -0.494 e. The zero-order valence-electron chi connectivity index (χ0n) is 14.0. The van der Waals surface area contributed by atoms with E-state index in [0.717, 1.165) is 24.3 Å². The van der Waals surface area contributed by atoms with E-state index in [9.17, 15) is 4.79 Å². The van der Waals surface area contributed by atoms with E-state index in [1.165, 1.54) is 16.0 Å². The number of hydrogen-bond acceptors (Lipinski definition) is 2. The van der Waals surface area contributed by atoms with Crippen LogP contribution in [0.2, 0.25) is 0 Å². The van der Waals surface area contributed by atoms with Gasteiger partial charge in [-0.15, -0.1) is 0 Å². The van der Waals surface area contributed by atoms with Crippen LogP contribution < -0.4 is 10.1 Å². The standard InChI is InChI=1S/C19H24N2O2/c1-15-6-8-16(9-7-15)5-4-14-23-18-12-10-17(11-13-18)20-19(22)21(2)3/h6-13H,4-5,14H2,1-3H3,(H,20,22). The number of hydrogen-bond donors (Lipinski definition) is 1. The molecule has 2 amide bonds. The molecule has 0 atom stereocenters. The number of ether oxygens (including phenoxy) is 1. The van der Waals surface area contributed by atoms with Gasteiger partial charge in [0, 0.05) is 19.8 Å². The van der Waals surface area contributed by atoms with Crippen molar-refractivity contribution in [2.24, 2.45) is 0 Å². The van der Waals surface area contributed by atoms with Crippen LogP contribution in [0.1, 0.15) is 17.5 Å². The number of benzene rings is 2. The van der Waals surface area contributed by atoms with Gasteiger partial charge in [0.05, 0.1) is 6.61 Å². The molecule has 4 heteroatoms. The SMILES string of the molecule is Cc1ccc(CCCOc2ccc(NC(=O)N(C)C)cc2)cc1. The molecule has 0 saturated heterocycles. The summed E-state index contributed by atoms with van der Waals surface area (Å²) >= 11 is 0. The first-order chi connectivity index (χ1) is 11.0. The molecule has 0 fully saturated rings. The molecule has 0 spiro atoms. The first kappa shape index (κ1) is 16.9. The minimum atomic E-state index is -0.142. The van der Waals surface area contributed by atoms with Crippen LogP contribution in [0.15, 0.2) is 48.5 Å². The van der Waals surface area contributed by atoms with Gasteiger partial charge in [0.1, 0.15) is 5.75 Å². The predicted octanol–water partition coefficient (Wildman–Crippen LogP) is 4.10. The number of urea groups is 1. The molecule has 2 rings (SSSR count). The second-order valence-corrected chi connectivity index (χ2v) is 5.79. The zero-order valence-corrected chi connectivity index (χ0v) is 14.0. The summed E-state index contributed by atoms with van der Waals surface area (Å²) < 4.78 is 5.74. The molecule has 2 aromatic carbocycles. The lowest BCUT2D eigenvalue weighted by atomic mass is 10.1. The van der Waals surface area contributed by atoms with E-state index < -0.39 is 0 Å². The number of amides is 2. The Bertz CT molecular complexity index is 619. The van der Waals surface area contributed by atoms with E-state index >= 15 is 0 Å². The second kappa shape index (κ2) is 8.22. The Morgan fingerprint density at radius 2 is 1.70 bits per heavy atom. The molecule has 122 valence electrons. The maximum absolute atomic E-state index is 11.5. The number of aryl methyl sites for hydroxylation is 2. The lowest BCUT2D eigenvalue weighted by molar-refractivity contribution is 0.230. The van der Waals surface area contributed by atoms with Gasteiger partial charge in [-0.1, -0.05) is 29.8 Å². The van der Waals surface area contributed by atoms with E-state index in [1.54, 1.807) is 14.1 Å². The second-order valence-electron chi connectivity index (χ2n) is 5.79. The highest BCUT2D eigenvalue weighted by atomic mass is 16.5. The number of anilines is 1. The fourth-order valence-electron chi connectivity index (χ4n) is 2.09. The van der Waals surface area contributed by atoms with Gasteiger partial charge >= 0.3 is 6.03 Å². The summed E-state index contributed by atoms with van der Waals surface area (Å²) in [4.78, 5) is 13.0. The average Bonchev–Trinajstić information content (AvgIpc) is 2.54. The predicted molar refractivity (Wildman–Crippen MR) is 94.1 cm³/mol. The molecule has 0 unspecified atom stereocenters. The van der Waals surface area contributed by atoms with Crippen molar-refractivity contribution in [3.63, 3.8) is 0 Å². The monoisotopic (exact) mass is 312 g/mol. The average molecular weight is 312 g/mol. The molecule has 0 aromatic heterocycles. The number of carbonyl (C=O) groups is 1. The molecular weight excluding hydrogens is 288 g/mol. The van der Waals surface area contributed by atoms with Gasteiger partial charge in [-0.05, 0) is 49.6 Å². The van der Waals surface area contributed by atoms with Gasteiger partial charge < -0.3 is 15.0 Å². The third-order valence-electron chi connectivity index (χ3n) is 3.51. The third kappa shape index (κ3) is 5.66. The molecule has 1 N–H and O–H groups in total. The molecule has 0 aliphatic carbocycles. The number of nitrogens with one attached hydrogen (secondary N) is 1. The highest BCUT2D eigenvalue weighted by molar-refractivity contribution is 5.88. The van der Waals surface area contributed by atoms with Crippen molar-refractivity contribution in [3.8, 4) is 5.75 Å². The largest absolute Gasteiger partial charge is 0.494 e. The molecule has 0 heterocycles. The summed E-state index contributed by atoms with van der Waals surface area (Å²) in [7, 11) is 3.42. The van der Waals surface area contributed by atoms with Crippen LogP contribution in [0.4, 0.5) is 10.5 Å². The fourth-order valence-corrected chi connectivity index (χ4v) is 2.09. The molecule has 0 bridgehead atoms. The molecule has 23 heavy (non-hydrogen) atoms. The summed E-state index contributed by atoms with van der Waals surface area (Å²) in [6, 6.07) is 15.9. The van der Waals surface area contributed by atoms with Crippen molar-refractivity contribution < 1.29 is 9.53 Å². The molecular formula is C19H24N2O2. The van der Waals surface area contributed by atoms with E-state index in [2.05, 4.69) is 36.5 Å². The first-order valence-electron chi connectivity index (χ1n) is 7.81. The Labute approximate surface area is 138 Å². The van der Waals surface area contributed by atoms with Crippen LogP contribution in [-0.2, 0) is 6.42 Å². The molecule has 0 aliphatic heterocycles. The molecule has 2 aromatic rings. The summed E-state index contributed by atoms with van der Waals surface area (Å²) in [5.41, 5.74) is 3.38. The Morgan fingerprint density at radius 1 is 1.04 bits per heavy atom. The van der Waals surface area contributed by atoms with Gasteiger partial charge in [-0.3, -0.25) is 0 Å². The number of carbonyl (C=O) groups excluding carboxylic acids is 1. The lowest BCUT2D eigenvalue weighted by Crippen LogP contribution is -2.27. The smallest absolute Gasteiger partial charge is 0.321 e. The zero-order chi connectivity index (χ0) is 16.7. The van der Waals surface area contributed by atoms with Crippen molar-refractivity contribution in [3.05, 3.63) is 59.7 Å². The fraction of sp³-hybridized carbons (Fsp3) is 0.316. The Hall–Kier alpha value is -2.49. The van der Waals surface area contributed by atoms with Gasteiger partial charge in [0.25, 0.3) is 0 Å². The summed E-state index contributed by atoms with van der Waals surface area (Å²) in [6.45, 7) is 2.77. The number of rotatable bonds is 6. The third-order valence-corrected chi connectivity index (χ3v) is 3.51. The molecule has 0 aliphatic rings. The van der Waals surface area contributed by atoms with Crippen molar-refractivity contribution in [1.82, 2.24) is 4.90 Å². The Kier molecular flexibility index (Phi) is 6.03. The Balaban J connectivity index is 1.73. The van der Waals surface area contributed by atoms with Gasteiger partial charge in [0.15, 0.2) is 0 Å². The van der Waals surface area contributed by atoms with Crippen molar-refractivity contribution in [1.29, 1.82) is 0 Å². The normalized spacial score (nSPS) is 10.2. The van der Waals surface area contributed by atoms with Crippen molar-refractivity contribution in [2.75, 3.05) is 26.0 Å². The van der Waals surface area contributed by atoms with E-state index in [0.29, 0.717) is 6.61 Å². The van der Waals surface area contributed by atoms with E-state index in [1.807, 2.05) is 24.3 Å². The highest BCUT2D eigenvalue weighted by Crippen LogP contribution is 2.16. The maximum Gasteiger partial charge on any atom is 0.321 e. The van der Waals surface area contributed by atoms with Crippen LogP contribution in [-0.4, -0.2) is 31.6 Å². The van der Waals surface area contributed by atoms with Gasteiger partial charge in [-0.2, -0.15) is 0 Å².